The molecule has 0 amide bonds. The third-order valence-electron chi connectivity index (χ3n) is 1.88. The Bertz CT molecular complexity index is 98.6. The molecule has 0 heteroatoms. The van der Waals surface area contributed by atoms with E-state index < -0.39 is 0 Å². The van der Waals surface area contributed by atoms with Gasteiger partial charge in [-0.1, -0.05) is 31.4 Å². The van der Waals surface area contributed by atoms with Gasteiger partial charge in [-0.2, -0.15) is 0 Å². The maximum Gasteiger partial charge on any atom is -0.0323 e. The minimum Gasteiger partial charge on any atom is -0.0747 e. The summed E-state index contributed by atoms with van der Waals surface area (Å²) in [5.74, 6) is 0. The van der Waals surface area contributed by atoms with Crippen LogP contribution in [0.5, 0.6) is 0 Å². The Balaban J connectivity index is 3.78. The second-order valence-corrected chi connectivity index (χ2v) is 2.66. The van der Waals surface area contributed by atoms with E-state index in [1.54, 1.807) is 11.1 Å². The van der Waals surface area contributed by atoms with Gasteiger partial charge >= 0.3 is 0 Å². The van der Waals surface area contributed by atoms with E-state index >= 15 is 0 Å². The minimum atomic E-state index is 1.21. The van der Waals surface area contributed by atoms with Gasteiger partial charge in [0, 0.05) is 0 Å². The average molecular weight is 126 g/mol. The van der Waals surface area contributed by atoms with Crippen molar-refractivity contribution in [3.8, 4) is 0 Å². The predicted octanol–water partition coefficient (Wildman–Crippen LogP) is 3.53. The van der Waals surface area contributed by atoms with Crippen LogP contribution in [-0.4, -0.2) is 0 Å². The molecule has 0 aromatic rings. The summed E-state index contributed by atoms with van der Waals surface area (Å²) in [6.07, 6.45) is 3.77. The molecule has 0 aliphatic rings. The number of hydrogen-bond acceptors (Lipinski definition) is 0. The quantitative estimate of drug-likeness (QED) is 0.507. The van der Waals surface area contributed by atoms with Crippen molar-refractivity contribution >= 4 is 0 Å². The van der Waals surface area contributed by atoms with E-state index in [4.69, 9.17) is 0 Å². The van der Waals surface area contributed by atoms with Gasteiger partial charge in [-0.25, -0.2) is 0 Å². The molecule has 0 rings (SSSR count). The third kappa shape index (κ3) is 3.34. The highest BCUT2D eigenvalue weighted by Crippen LogP contribution is 2.11. The van der Waals surface area contributed by atoms with E-state index in [0.717, 1.165) is 0 Å². The van der Waals surface area contributed by atoms with Crippen LogP contribution in [0.4, 0.5) is 0 Å². The van der Waals surface area contributed by atoms with E-state index in [2.05, 4.69) is 27.7 Å². The first-order valence-corrected chi connectivity index (χ1v) is 3.87. The zero-order chi connectivity index (χ0) is 7.28. The lowest BCUT2D eigenvalue weighted by atomic mass is 10.1. The fourth-order valence-electron chi connectivity index (χ4n) is 0.890. The molecule has 0 aliphatic carbocycles. The number of allylic oxidation sites excluding steroid dienone is 2. The van der Waals surface area contributed by atoms with Crippen LogP contribution >= 0.6 is 0 Å². The molecule has 0 aromatic carbocycles. The Labute approximate surface area is 59.0 Å². The number of rotatable bonds is 3. The standard InChI is InChI=1S/C9H18/c1-5-7-9(4)8(3)6-2/h5-7H2,1-4H3. The second-order valence-electron chi connectivity index (χ2n) is 2.66. The lowest BCUT2D eigenvalue weighted by molar-refractivity contribution is 0.874. The highest BCUT2D eigenvalue weighted by molar-refractivity contribution is 5.08. The topological polar surface area (TPSA) is 0 Å². The predicted molar refractivity (Wildman–Crippen MR) is 43.6 cm³/mol. The normalized spacial score (nSPS) is 13.3. The van der Waals surface area contributed by atoms with Crippen LogP contribution in [0.3, 0.4) is 0 Å². The van der Waals surface area contributed by atoms with Crippen LogP contribution < -0.4 is 0 Å². The van der Waals surface area contributed by atoms with Gasteiger partial charge in [-0.3, -0.25) is 0 Å². The van der Waals surface area contributed by atoms with Crippen molar-refractivity contribution in [2.24, 2.45) is 0 Å². The average Bonchev–Trinajstić information content (AvgIpc) is 1.87. The summed E-state index contributed by atoms with van der Waals surface area (Å²) in [6.45, 7) is 8.91. The molecular weight excluding hydrogens is 108 g/mol. The minimum absolute atomic E-state index is 1.21. The summed E-state index contributed by atoms with van der Waals surface area (Å²) in [5.41, 5.74) is 3.15. The van der Waals surface area contributed by atoms with Gasteiger partial charge in [0.15, 0.2) is 0 Å². The van der Waals surface area contributed by atoms with Crippen molar-refractivity contribution in [1.82, 2.24) is 0 Å². The zero-order valence-electron chi connectivity index (χ0n) is 7.12. The van der Waals surface area contributed by atoms with Crippen LogP contribution in [0.25, 0.3) is 0 Å². The molecule has 0 heterocycles. The van der Waals surface area contributed by atoms with Crippen molar-refractivity contribution in [2.75, 3.05) is 0 Å². The summed E-state index contributed by atoms with van der Waals surface area (Å²) in [6, 6.07) is 0. The molecule has 0 aliphatic heterocycles. The van der Waals surface area contributed by atoms with Gasteiger partial charge in [-0.05, 0) is 26.7 Å². The summed E-state index contributed by atoms with van der Waals surface area (Å²) >= 11 is 0. The maximum atomic E-state index is 2.24. The van der Waals surface area contributed by atoms with Crippen molar-refractivity contribution < 1.29 is 0 Å². The summed E-state index contributed by atoms with van der Waals surface area (Å²) in [7, 11) is 0. The largest absolute Gasteiger partial charge is 0.0747 e. The van der Waals surface area contributed by atoms with E-state index in [0.29, 0.717) is 0 Å². The fourth-order valence-corrected chi connectivity index (χ4v) is 0.890. The first kappa shape index (κ1) is 8.74. The van der Waals surface area contributed by atoms with E-state index in [9.17, 15) is 0 Å². The molecule has 0 saturated heterocycles. The van der Waals surface area contributed by atoms with Crippen molar-refractivity contribution in [3.63, 3.8) is 0 Å². The molecular formula is C9H18. The summed E-state index contributed by atoms with van der Waals surface area (Å²) in [4.78, 5) is 0. The molecule has 0 unspecified atom stereocenters. The highest BCUT2D eigenvalue weighted by Gasteiger charge is 1.91. The monoisotopic (exact) mass is 126 g/mol. The van der Waals surface area contributed by atoms with Gasteiger partial charge in [-0.15, -0.1) is 0 Å². The van der Waals surface area contributed by atoms with Crippen molar-refractivity contribution in [2.45, 2.75) is 47.0 Å². The van der Waals surface area contributed by atoms with Crippen LogP contribution in [0, 0.1) is 0 Å². The highest BCUT2D eigenvalue weighted by atomic mass is 14.0. The maximum absolute atomic E-state index is 2.24. The molecule has 0 atom stereocenters. The van der Waals surface area contributed by atoms with Crippen LogP contribution in [0.2, 0.25) is 0 Å². The summed E-state index contributed by atoms with van der Waals surface area (Å²) < 4.78 is 0. The molecule has 0 aromatic heterocycles. The first-order valence-electron chi connectivity index (χ1n) is 3.87. The molecule has 0 saturated carbocycles. The molecule has 0 N–H and O–H groups in total. The SMILES string of the molecule is CCCC(C)=C(C)CC. The lowest BCUT2D eigenvalue weighted by Gasteiger charge is -2.02. The smallest absolute Gasteiger partial charge is 0.0323 e. The summed E-state index contributed by atoms with van der Waals surface area (Å²) in [5, 5.41) is 0. The van der Waals surface area contributed by atoms with Crippen molar-refractivity contribution in [3.05, 3.63) is 11.1 Å². The Morgan fingerprint density at radius 2 is 1.56 bits per heavy atom. The van der Waals surface area contributed by atoms with Gasteiger partial charge in [0.25, 0.3) is 0 Å². The first-order chi connectivity index (χ1) is 4.22. The Hall–Kier alpha value is -0.260. The van der Waals surface area contributed by atoms with Crippen molar-refractivity contribution in [1.29, 1.82) is 0 Å². The van der Waals surface area contributed by atoms with E-state index in [1.807, 2.05) is 0 Å². The molecule has 0 bridgehead atoms. The molecule has 0 fully saturated rings. The van der Waals surface area contributed by atoms with Gasteiger partial charge in [0.1, 0.15) is 0 Å². The van der Waals surface area contributed by atoms with Gasteiger partial charge in [0.2, 0.25) is 0 Å². The molecule has 0 spiro atoms. The van der Waals surface area contributed by atoms with Gasteiger partial charge < -0.3 is 0 Å². The van der Waals surface area contributed by atoms with Gasteiger partial charge in [0.05, 0.1) is 0 Å². The Morgan fingerprint density at radius 1 is 1.00 bits per heavy atom. The Kier molecular flexibility index (Phi) is 4.47. The van der Waals surface area contributed by atoms with Crippen LogP contribution in [0.15, 0.2) is 11.1 Å². The van der Waals surface area contributed by atoms with Crippen LogP contribution in [-0.2, 0) is 0 Å². The fraction of sp³-hybridized carbons (Fsp3) is 0.778. The molecule has 54 valence electrons. The molecule has 0 nitrogen and oxygen atoms in total. The molecule has 9 heavy (non-hydrogen) atoms. The third-order valence-corrected chi connectivity index (χ3v) is 1.88. The van der Waals surface area contributed by atoms with E-state index in [-0.39, 0.29) is 0 Å². The number of hydrogen-bond donors (Lipinski definition) is 0. The van der Waals surface area contributed by atoms with Crippen LogP contribution in [0.1, 0.15) is 47.0 Å². The lowest BCUT2D eigenvalue weighted by Crippen LogP contribution is -1.81. The van der Waals surface area contributed by atoms with E-state index in [1.165, 1.54) is 19.3 Å². The molecule has 0 radical (unpaired) electrons. The second kappa shape index (κ2) is 4.60. The zero-order valence-corrected chi connectivity index (χ0v) is 7.12. The Morgan fingerprint density at radius 3 is 1.89 bits per heavy atom.